The summed E-state index contributed by atoms with van der Waals surface area (Å²) in [4.78, 5) is 26.6. The molecule has 1 aromatic heterocycles. The molecule has 0 saturated carbocycles. The molecule has 3 rings (SSSR count). The first-order chi connectivity index (χ1) is 12.6. The van der Waals surface area contributed by atoms with E-state index in [1.54, 1.807) is 36.4 Å². The van der Waals surface area contributed by atoms with Crippen LogP contribution in [-0.2, 0) is 13.1 Å². The molecule has 0 aliphatic carbocycles. The van der Waals surface area contributed by atoms with Gasteiger partial charge in [-0.15, -0.1) is 0 Å². The number of nitrogens with one attached hydrogen (secondary N) is 1. The number of carbonyl (C=O) groups is 1. The number of urea groups is 1. The number of hydrogen-bond donors (Lipinski definition) is 1. The van der Waals surface area contributed by atoms with Crippen LogP contribution in [0.25, 0.3) is 11.0 Å². The fourth-order valence-electron chi connectivity index (χ4n) is 2.71. The van der Waals surface area contributed by atoms with Crippen LogP contribution in [0.2, 0.25) is 0 Å². The SMILES string of the molecule is CCNC(=O)N(Cc1ccc(F)cc1)Cc1coc2ccccc2c1=O. The van der Waals surface area contributed by atoms with Crippen LogP contribution in [0.5, 0.6) is 0 Å². The van der Waals surface area contributed by atoms with Gasteiger partial charge in [0, 0.05) is 13.1 Å². The lowest BCUT2D eigenvalue weighted by molar-refractivity contribution is 0.192. The zero-order valence-electron chi connectivity index (χ0n) is 14.4. The van der Waals surface area contributed by atoms with Crippen LogP contribution in [0.15, 0.2) is 64.0 Å². The Bertz CT molecular complexity index is 967. The van der Waals surface area contributed by atoms with E-state index in [0.29, 0.717) is 23.1 Å². The molecular formula is C20H19FN2O3. The Morgan fingerprint density at radius 3 is 2.58 bits per heavy atom. The molecule has 134 valence electrons. The van der Waals surface area contributed by atoms with Crippen LogP contribution in [-0.4, -0.2) is 17.5 Å². The quantitative estimate of drug-likeness (QED) is 0.760. The second kappa shape index (κ2) is 7.82. The van der Waals surface area contributed by atoms with Gasteiger partial charge in [-0.05, 0) is 36.8 Å². The molecule has 0 radical (unpaired) electrons. The minimum atomic E-state index is -0.339. The molecule has 0 aliphatic rings. The van der Waals surface area contributed by atoms with Gasteiger partial charge in [-0.2, -0.15) is 0 Å². The van der Waals surface area contributed by atoms with Gasteiger partial charge >= 0.3 is 6.03 Å². The van der Waals surface area contributed by atoms with Crippen LogP contribution in [0.1, 0.15) is 18.1 Å². The van der Waals surface area contributed by atoms with Crippen molar-refractivity contribution in [2.45, 2.75) is 20.0 Å². The first-order valence-corrected chi connectivity index (χ1v) is 8.35. The number of benzene rings is 2. The summed E-state index contributed by atoms with van der Waals surface area (Å²) in [5.41, 5.74) is 1.49. The fraction of sp³-hybridized carbons (Fsp3) is 0.200. The number of para-hydroxylation sites is 1. The molecule has 0 fully saturated rings. The number of amides is 2. The number of hydrogen-bond acceptors (Lipinski definition) is 3. The first-order valence-electron chi connectivity index (χ1n) is 8.35. The Morgan fingerprint density at radius 2 is 1.85 bits per heavy atom. The van der Waals surface area contributed by atoms with E-state index in [0.717, 1.165) is 5.56 Å². The van der Waals surface area contributed by atoms with E-state index >= 15 is 0 Å². The summed E-state index contributed by atoms with van der Waals surface area (Å²) in [6, 6.07) is 12.6. The molecule has 0 aliphatic heterocycles. The Morgan fingerprint density at radius 1 is 1.12 bits per heavy atom. The zero-order valence-corrected chi connectivity index (χ0v) is 14.4. The molecule has 0 atom stereocenters. The van der Waals surface area contributed by atoms with E-state index in [-0.39, 0.29) is 30.4 Å². The number of rotatable bonds is 5. The number of halogens is 1. The third-order valence-corrected chi connectivity index (χ3v) is 4.01. The average molecular weight is 354 g/mol. The van der Waals surface area contributed by atoms with Crippen molar-refractivity contribution in [1.82, 2.24) is 10.2 Å². The second-order valence-electron chi connectivity index (χ2n) is 5.90. The van der Waals surface area contributed by atoms with Crippen molar-refractivity contribution in [3.63, 3.8) is 0 Å². The van der Waals surface area contributed by atoms with Gasteiger partial charge in [0.2, 0.25) is 0 Å². The lowest BCUT2D eigenvalue weighted by atomic mass is 10.1. The summed E-state index contributed by atoms with van der Waals surface area (Å²) in [6.45, 7) is 2.62. The highest BCUT2D eigenvalue weighted by Crippen LogP contribution is 2.14. The zero-order chi connectivity index (χ0) is 18.5. The predicted octanol–water partition coefficient (Wildman–Crippen LogP) is 3.66. The molecule has 0 spiro atoms. The van der Waals surface area contributed by atoms with E-state index in [1.165, 1.54) is 23.3 Å². The molecule has 26 heavy (non-hydrogen) atoms. The van der Waals surface area contributed by atoms with Crippen molar-refractivity contribution in [3.05, 3.63) is 82.0 Å². The molecule has 6 heteroatoms. The van der Waals surface area contributed by atoms with E-state index in [9.17, 15) is 14.0 Å². The van der Waals surface area contributed by atoms with Crippen molar-refractivity contribution >= 4 is 17.0 Å². The maximum Gasteiger partial charge on any atom is 0.317 e. The molecular weight excluding hydrogens is 335 g/mol. The summed E-state index contributed by atoms with van der Waals surface area (Å²) < 4.78 is 18.6. The van der Waals surface area contributed by atoms with E-state index < -0.39 is 0 Å². The van der Waals surface area contributed by atoms with Crippen molar-refractivity contribution in [3.8, 4) is 0 Å². The topological polar surface area (TPSA) is 62.6 Å². The van der Waals surface area contributed by atoms with Gasteiger partial charge in [-0.25, -0.2) is 9.18 Å². The molecule has 5 nitrogen and oxygen atoms in total. The summed E-state index contributed by atoms with van der Waals surface area (Å²) in [5, 5.41) is 3.21. The Hall–Kier alpha value is -3.15. The lowest BCUT2D eigenvalue weighted by Gasteiger charge is -2.22. The highest BCUT2D eigenvalue weighted by molar-refractivity contribution is 5.77. The Labute approximate surface area is 150 Å². The van der Waals surface area contributed by atoms with Gasteiger partial charge in [0.15, 0.2) is 5.43 Å². The van der Waals surface area contributed by atoms with Crippen molar-refractivity contribution < 1.29 is 13.6 Å². The molecule has 1 N–H and O–H groups in total. The van der Waals surface area contributed by atoms with Gasteiger partial charge in [0.05, 0.1) is 23.8 Å². The molecule has 2 aromatic carbocycles. The van der Waals surface area contributed by atoms with Crippen molar-refractivity contribution in [2.75, 3.05) is 6.54 Å². The number of carbonyl (C=O) groups excluding carboxylic acids is 1. The number of fused-ring (bicyclic) bond motifs is 1. The van der Waals surface area contributed by atoms with Gasteiger partial charge in [0.25, 0.3) is 0 Å². The van der Waals surface area contributed by atoms with Gasteiger partial charge in [-0.1, -0.05) is 24.3 Å². The van der Waals surface area contributed by atoms with E-state index in [1.807, 2.05) is 6.92 Å². The lowest BCUT2D eigenvalue weighted by Crippen LogP contribution is -2.39. The van der Waals surface area contributed by atoms with Crippen molar-refractivity contribution in [1.29, 1.82) is 0 Å². The van der Waals surface area contributed by atoms with Crippen LogP contribution in [0.3, 0.4) is 0 Å². The summed E-state index contributed by atoms with van der Waals surface area (Å²) in [7, 11) is 0. The normalized spacial score (nSPS) is 10.7. The number of nitrogens with zero attached hydrogens (tertiary/aromatic N) is 1. The summed E-state index contributed by atoms with van der Waals surface area (Å²) >= 11 is 0. The van der Waals surface area contributed by atoms with Crippen LogP contribution < -0.4 is 10.7 Å². The smallest absolute Gasteiger partial charge is 0.317 e. The van der Waals surface area contributed by atoms with Crippen LogP contribution in [0.4, 0.5) is 9.18 Å². The Kier molecular flexibility index (Phi) is 5.31. The van der Waals surface area contributed by atoms with E-state index in [4.69, 9.17) is 4.42 Å². The van der Waals surface area contributed by atoms with Gasteiger partial charge in [-0.3, -0.25) is 4.79 Å². The van der Waals surface area contributed by atoms with E-state index in [2.05, 4.69) is 5.32 Å². The summed E-state index contributed by atoms with van der Waals surface area (Å²) in [5.74, 6) is -0.339. The minimum Gasteiger partial charge on any atom is -0.464 e. The van der Waals surface area contributed by atoms with Crippen LogP contribution in [0, 0.1) is 5.82 Å². The van der Waals surface area contributed by atoms with Crippen LogP contribution >= 0.6 is 0 Å². The molecule has 3 aromatic rings. The minimum absolute atomic E-state index is 0.0936. The highest BCUT2D eigenvalue weighted by atomic mass is 19.1. The third kappa shape index (κ3) is 3.91. The molecule has 2 amide bonds. The van der Waals surface area contributed by atoms with Gasteiger partial charge in [0.1, 0.15) is 11.4 Å². The molecule has 0 bridgehead atoms. The fourth-order valence-corrected chi connectivity index (χ4v) is 2.71. The third-order valence-electron chi connectivity index (χ3n) is 4.01. The van der Waals surface area contributed by atoms with Gasteiger partial charge < -0.3 is 14.6 Å². The maximum absolute atomic E-state index is 13.1. The largest absolute Gasteiger partial charge is 0.464 e. The molecule has 0 unspecified atom stereocenters. The van der Waals surface area contributed by atoms with Crippen molar-refractivity contribution in [2.24, 2.45) is 0 Å². The predicted molar refractivity (Wildman–Crippen MR) is 97.2 cm³/mol. The highest BCUT2D eigenvalue weighted by Gasteiger charge is 2.17. The maximum atomic E-state index is 13.1. The second-order valence-corrected chi connectivity index (χ2v) is 5.90. The average Bonchev–Trinajstić information content (AvgIpc) is 2.65. The molecule has 1 heterocycles. The Balaban J connectivity index is 1.90. The molecule has 0 saturated heterocycles. The monoisotopic (exact) mass is 354 g/mol. The first kappa shape index (κ1) is 17.7. The summed E-state index contributed by atoms with van der Waals surface area (Å²) in [6.07, 6.45) is 1.39. The standard InChI is InChI=1S/C20H19FN2O3/c1-2-22-20(25)23(11-14-7-9-16(21)10-8-14)12-15-13-26-18-6-4-3-5-17(18)19(15)24/h3-10,13H,2,11-12H2,1H3,(H,22,25).